The highest BCUT2D eigenvalue weighted by Gasteiger charge is 2.49. The van der Waals surface area contributed by atoms with Crippen molar-refractivity contribution in [2.75, 3.05) is 20.1 Å². The molecule has 2 amide bonds. The Bertz CT molecular complexity index is 691. The lowest BCUT2D eigenvalue weighted by Crippen LogP contribution is -2.35. The SMILES string of the molecule is CNCCc1nnc(C2CCC3CN2C(=O)N3OS(=O)(=O)O)o1. The Labute approximate surface area is 132 Å². The summed E-state index contributed by atoms with van der Waals surface area (Å²) in [6.07, 6.45) is 1.61. The van der Waals surface area contributed by atoms with Crippen molar-refractivity contribution in [1.82, 2.24) is 25.5 Å². The van der Waals surface area contributed by atoms with E-state index in [-0.39, 0.29) is 6.54 Å². The lowest BCUT2D eigenvalue weighted by molar-refractivity contribution is -0.0317. The monoisotopic (exact) mass is 347 g/mol. The molecule has 2 fully saturated rings. The van der Waals surface area contributed by atoms with Crippen molar-refractivity contribution in [3.8, 4) is 0 Å². The lowest BCUT2D eigenvalue weighted by atomic mass is 10.0. The minimum atomic E-state index is -4.75. The van der Waals surface area contributed by atoms with Crippen molar-refractivity contribution in [1.29, 1.82) is 0 Å². The van der Waals surface area contributed by atoms with Gasteiger partial charge in [-0.25, -0.2) is 4.79 Å². The molecule has 3 heterocycles. The van der Waals surface area contributed by atoms with Gasteiger partial charge in [-0.05, 0) is 19.9 Å². The van der Waals surface area contributed by atoms with E-state index in [1.54, 1.807) is 0 Å². The summed E-state index contributed by atoms with van der Waals surface area (Å²) in [4.78, 5) is 13.7. The molecule has 2 aliphatic rings. The summed E-state index contributed by atoms with van der Waals surface area (Å²) in [7, 11) is -2.94. The summed E-state index contributed by atoms with van der Waals surface area (Å²) in [5.74, 6) is 0.783. The molecule has 0 aromatic carbocycles. The van der Waals surface area contributed by atoms with Crippen molar-refractivity contribution in [2.45, 2.75) is 31.3 Å². The number of fused-ring (bicyclic) bond motifs is 2. The van der Waals surface area contributed by atoms with Crippen molar-refractivity contribution < 1.29 is 26.5 Å². The molecule has 0 spiro atoms. The Hall–Kier alpha value is -1.76. The topological polar surface area (TPSA) is 138 Å². The summed E-state index contributed by atoms with van der Waals surface area (Å²) in [5, 5.41) is 11.6. The number of rotatable bonds is 6. The van der Waals surface area contributed by atoms with Crippen LogP contribution in [0.3, 0.4) is 0 Å². The van der Waals surface area contributed by atoms with Gasteiger partial charge in [0.15, 0.2) is 0 Å². The third-order valence-electron chi connectivity index (χ3n) is 3.85. The molecule has 23 heavy (non-hydrogen) atoms. The minimum Gasteiger partial charge on any atom is -0.423 e. The zero-order valence-corrected chi connectivity index (χ0v) is 13.2. The Kier molecular flexibility index (Phi) is 4.23. The van der Waals surface area contributed by atoms with E-state index in [9.17, 15) is 13.2 Å². The molecule has 1 aromatic rings. The van der Waals surface area contributed by atoms with Crippen molar-refractivity contribution in [3.05, 3.63) is 11.8 Å². The van der Waals surface area contributed by atoms with Gasteiger partial charge in [-0.1, -0.05) is 0 Å². The average Bonchev–Trinajstić information content (AvgIpc) is 3.04. The van der Waals surface area contributed by atoms with Gasteiger partial charge in [-0.15, -0.1) is 14.5 Å². The smallest absolute Gasteiger partial charge is 0.418 e. The Morgan fingerprint density at radius 2 is 2.22 bits per heavy atom. The number of hydroxylamine groups is 2. The molecule has 3 rings (SSSR count). The van der Waals surface area contributed by atoms with E-state index in [1.165, 1.54) is 4.90 Å². The Morgan fingerprint density at radius 1 is 1.43 bits per heavy atom. The standard InChI is InChI=1S/C11H17N5O6S/c1-12-5-4-9-13-14-10(21-9)8-3-2-7-6-15(8)11(17)16(7)22-23(18,19)20/h7-8,12H,2-6H2,1H3,(H,18,19,20). The molecular formula is C11H17N5O6S. The van der Waals surface area contributed by atoms with E-state index in [1.807, 2.05) is 7.05 Å². The molecule has 1 aromatic heterocycles. The van der Waals surface area contributed by atoms with Crippen LogP contribution < -0.4 is 5.32 Å². The molecule has 0 radical (unpaired) electrons. The van der Waals surface area contributed by atoms with Crippen LogP contribution in [0.25, 0.3) is 0 Å². The van der Waals surface area contributed by atoms with Crippen LogP contribution in [-0.2, 0) is 21.1 Å². The van der Waals surface area contributed by atoms with Gasteiger partial charge in [0.2, 0.25) is 11.8 Å². The first kappa shape index (κ1) is 16.1. The molecular weight excluding hydrogens is 330 g/mol. The molecule has 2 aliphatic heterocycles. The highest BCUT2D eigenvalue weighted by Crippen LogP contribution is 2.38. The number of carbonyl (C=O) groups excluding carboxylic acids is 1. The van der Waals surface area contributed by atoms with E-state index in [2.05, 4.69) is 19.8 Å². The number of aromatic nitrogens is 2. The number of urea groups is 1. The van der Waals surface area contributed by atoms with Crippen LogP contribution in [0.5, 0.6) is 0 Å². The molecule has 0 aliphatic carbocycles. The summed E-state index contributed by atoms with van der Waals surface area (Å²) in [5.41, 5.74) is 0. The number of piperidine rings is 1. The molecule has 128 valence electrons. The summed E-state index contributed by atoms with van der Waals surface area (Å²) in [6.45, 7) is 0.959. The number of carbonyl (C=O) groups is 1. The van der Waals surface area contributed by atoms with E-state index in [4.69, 9.17) is 8.97 Å². The molecule has 2 bridgehead atoms. The maximum Gasteiger partial charge on any atom is 0.418 e. The zero-order valence-electron chi connectivity index (χ0n) is 12.4. The predicted octanol–water partition coefficient (Wildman–Crippen LogP) is -0.493. The van der Waals surface area contributed by atoms with Crippen LogP contribution in [0.1, 0.15) is 30.7 Å². The average molecular weight is 347 g/mol. The maximum atomic E-state index is 12.3. The van der Waals surface area contributed by atoms with Gasteiger partial charge < -0.3 is 14.6 Å². The second-order valence-corrected chi connectivity index (χ2v) is 6.40. The van der Waals surface area contributed by atoms with Crippen LogP contribution in [0.2, 0.25) is 0 Å². The van der Waals surface area contributed by atoms with Gasteiger partial charge in [-0.3, -0.25) is 4.55 Å². The third kappa shape index (κ3) is 3.29. The van der Waals surface area contributed by atoms with Crippen LogP contribution in [0, 0.1) is 0 Å². The molecule has 2 atom stereocenters. The largest absolute Gasteiger partial charge is 0.423 e. The number of amides is 2. The van der Waals surface area contributed by atoms with Gasteiger partial charge >= 0.3 is 16.4 Å². The van der Waals surface area contributed by atoms with Crippen LogP contribution in [0.15, 0.2) is 4.42 Å². The molecule has 0 saturated carbocycles. The van der Waals surface area contributed by atoms with Crippen molar-refractivity contribution >= 4 is 16.4 Å². The van der Waals surface area contributed by atoms with Gasteiger partial charge in [-0.2, -0.15) is 13.5 Å². The Balaban J connectivity index is 1.74. The van der Waals surface area contributed by atoms with Gasteiger partial charge in [0.1, 0.15) is 6.04 Å². The van der Waals surface area contributed by atoms with Crippen LogP contribution >= 0.6 is 0 Å². The van der Waals surface area contributed by atoms with Gasteiger partial charge in [0, 0.05) is 19.5 Å². The van der Waals surface area contributed by atoms with Crippen molar-refractivity contribution in [3.63, 3.8) is 0 Å². The molecule has 2 unspecified atom stereocenters. The lowest BCUT2D eigenvalue weighted by Gasteiger charge is -2.27. The third-order valence-corrected chi connectivity index (χ3v) is 4.20. The minimum absolute atomic E-state index is 0.271. The fraction of sp³-hybridized carbons (Fsp3) is 0.727. The number of hydrogen-bond acceptors (Lipinski definition) is 8. The summed E-state index contributed by atoms with van der Waals surface area (Å²) < 4.78 is 40.4. The van der Waals surface area contributed by atoms with Gasteiger partial charge in [0.25, 0.3) is 0 Å². The maximum absolute atomic E-state index is 12.3. The number of likely N-dealkylation sites (N-methyl/N-ethyl adjacent to an activating group) is 1. The summed E-state index contributed by atoms with van der Waals surface area (Å²) >= 11 is 0. The second-order valence-electron chi connectivity index (χ2n) is 5.40. The molecule has 11 nitrogen and oxygen atoms in total. The number of nitrogens with one attached hydrogen (secondary N) is 1. The zero-order chi connectivity index (χ0) is 16.6. The van der Waals surface area contributed by atoms with E-state index in [0.717, 1.165) is 0 Å². The fourth-order valence-corrected chi connectivity index (χ4v) is 3.21. The van der Waals surface area contributed by atoms with Crippen molar-refractivity contribution in [2.24, 2.45) is 0 Å². The first-order valence-corrected chi connectivity index (χ1v) is 8.49. The first-order valence-electron chi connectivity index (χ1n) is 7.13. The Morgan fingerprint density at radius 3 is 2.91 bits per heavy atom. The van der Waals surface area contributed by atoms with E-state index >= 15 is 0 Å². The van der Waals surface area contributed by atoms with E-state index < -0.39 is 28.5 Å². The summed E-state index contributed by atoms with van der Waals surface area (Å²) in [6, 6.07) is -1.51. The number of hydrogen-bond donors (Lipinski definition) is 2. The molecule has 12 heteroatoms. The van der Waals surface area contributed by atoms with Crippen LogP contribution in [-0.4, -0.2) is 65.3 Å². The number of nitrogens with zero attached hydrogens (tertiary/aromatic N) is 4. The quantitative estimate of drug-likeness (QED) is 0.652. The first-order chi connectivity index (χ1) is 10.9. The van der Waals surface area contributed by atoms with Gasteiger partial charge in [0.05, 0.1) is 6.04 Å². The normalized spacial score (nSPS) is 24.5. The molecule has 2 saturated heterocycles. The van der Waals surface area contributed by atoms with Crippen LogP contribution in [0.4, 0.5) is 4.79 Å². The predicted molar refractivity (Wildman–Crippen MR) is 74.3 cm³/mol. The second kappa shape index (κ2) is 6.03. The molecule has 2 N–H and O–H groups in total. The fourth-order valence-electron chi connectivity index (χ4n) is 2.82. The van der Waals surface area contributed by atoms with E-state index in [0.29, 0.717) is 42.7 Å². The highest BCUT2D eigenvalue weighted by molar-refractivity contribution is 7.80. The highest BCUT2D eigenvalue weighted by atomic mass is 32.3.